The highest BCUT2D eigenvalue weighted by Crippen LogP contribution is 2.37. The van der Waals surface area contributed by atoms with Crippen LogP contribution < -0.4 is 0 Å². The summed E-state index contributed by atoms with van der Waals surface area (Å²) < 4.78 is 19.7. The van der Waals surface area contributed by atoms with Gasteiger partial charge in [0.1, 0.15) is 16.9 Å². The van der Waals surface area contributed by atoms with Crippen LogP contribution in [0.2, 0.25) is 0 Å². The Morgan fingerprint density at radius 1 is 1.35 bits per heavy atom. The Morgan fingerprint density at radius 3 is 2.78 bits per heavy atom. The highest BCUT2D eigenvalue weighted by molar-refractivity contribution is 5.96. The maximum Gasteiger partial charge on any atom is 0.343 e. The van der Waals surface area contributed by atoms with Gasteiger partial charge in [0.2, 0.25) is 11.8 Å². The molecule has 0 spiro atoms. The molecule has 2 N–H and O–H groups in total. The lowest BCUT2D eigenvalue weighted by molar-refractivity contribution is 0.0528. The van der Waals surface area contributed by atoms with Gasteiger partial charge in [0.05, 0.1) is 12.8 Å². The molecule has 0 radical (unpaired) electrons. The van der Waals surface area contributed by atoms with Crippen LogP contribution in [0.25, 0.3) is 16.8 Å². The fourth-order valence-electron chi connectivity index (χ4n) is 2.22. The second-order valence-electron chi connectivity index (χ2n) is 4.63. The first-order valence-electron chi connectivity index (χ1n) is 6.76. The lowest BCUT2D eigenvalue weighted by atomic mass is 10.1. The predicted molar refractivity (Wildman–Crippen MR) is 77.7 cm³/mol. The van der Waals surface area contributed by atoms with Crippen LogP contribution in [0.5, 0.6) is 11.8 Å². The molecule has 0 aliphatic carbocycles. The Hall–Kier alpha value is -3.16. The first-order valence-corrected chi connectivity index (χ1v) is 6.76. The molecular weight excluding hydrogens is 305 g/mol. The van der Waals surface area contributed by atoms with Crippen LogP contribution in [0, 0.1) is 5.82 Å². The molecule has 0 saturated heterocycles. The van der Waals surface area contributed by atoms with E-state index >= 15 is 0 Å². The van der Waals surface area contributed by atoms with Crippen LogP contribution >= 0.6 is 0 Å². The molecule has 0 fully saturated rings. The highest BCUT2D eigenvalue weighted by Gasteiger charge is 2.23. The lowest BCUT2D eigenvalue weighted by Crippen LogP contribution is -2.05. The van der Waals surface area contributed by atoms with Crippen LogP contribution in [-0.2, 0) is 4.74 Å². The number of hydrogen-bond donors (Lipinski definition) is 2. The monoisotopic (exact) mass is 317 g/mol. The normalized spacial score (nSPS) is 10.9. The van der Waals surface area contributed by atoms with Crippen molar-refractivity contribution in [3.05, 3.63) is 41.8 Å². The topological polar surface area (TPSA) is 97.0 Å². The van der Waals surface area contributed by atoms with Gasteiger partial charge in [-0.3, -0.25) is 0 Å². The van der Waals surface area contributed by atoms with Crippen molar-refractivity contribution in [1.82, 2.24) is 14.6 Å². The van der Waals surface area contributed by atoms with Gasteiger partial charge in [-0.05, 0) is 13.0 Å². The van der Waals surface area contributed by atoms with Gasteiger partial charge in [0.25, 0.3) is 0 Å². The number of hydrogen-bond acceptors (Lipinski definition) is 6. The molecule has 0 bridgehead atoms. The Labute approximate surface area is 129 Å². The number of ether oxygens (including phenoxy) is 1. The third-order valence-electron chi connectivity index (χ3n) is 3.24. The fourth-order valence-corrected chi connectivity index (χ4v) is 2.22. The average molecular weight is 317 g/mol. The molecule has 0 amide bonds. The molecule has 3 rings (SSSR count). The fraction of sp³-hybridized carbons (Fsp3) is 0.133. The molecule has 0 saturated carbocycles. The molecule has 2 heterocycles. The van der Waals surface area contributed by atoms with Gasteiger partial charge in [-0.2, -0.15) is 14.6 Å². The molecule has 0 aliphatic rings. The number of aromatic hydroxyl groups is 2. The minimum Gasteiger partial charge on any atom is -0.493 e. The van der Waals surface area contributed by atoms with Crippen LogP contribution in [0.4, 0.5) is 4.39 Å². The zero-order valence-corrected chi connectivity index (χ0v) is 12.0. The van der Waals surface area contributed by atoms with Crippen molar-refractivity contribution in [3.8, 4) is 22.9 Å². The van der Waals surface area contributed by atoms with Crippen molar-refractivity contribution >= 4 is 11.6 Å². The Balaban J connectivity index is 2.24. The van der Waals surface area contributed by atoms with Crippen molar-refractivity contribution in [2.45, 2.75) is 6.92 Å². The maximum absolute atomic E-state index is 13.9. The van der Waals surface area contributed by atoms with Gasteiger partial charge in [0, 0.05) is 5.56 Å². The van der Waals surface area contributed by atoms with Crippen LogP contribution in [0.1, 0.15) is 17.3 Å². The summed E-state index contributed by atoms with van der Waals surface area (Å²) in [7, 11) is 0. The molecule has 0 atom stereocenters. The third-order valence-corrected chi connectivity index (χ3v) is 3.24. The molecule has 1 aromatic carbocycles. The summed E-state index contributed by atoms with van der Waals surface area (Å²) in [4.78, 5) is 15.7. The number of esters is 1. The van der Waals surface area contributed by atoms with E-state index in [4.69, 9.17) is 4.74 Å². The van der Waals surface area contributed by atoms with E-state index in [0.717, 1.165) is 10.7 Å². The molecule has 23 heavy (non-hydrogen) atoms. The van der Waals surface area contributed by atoms with Crippen molar-refractivity contribution in [1.29, 1.82) is 0 Å². The zero-order chi connectivity index (χ0) is 16.6. The molecule has 0 unspecified atom stereocenters. The summed E-state index contributed by atoms with van der Waals surface area (Å²) in [6.07, 6.45) is 1.16. The van der Waals surface area contributed by atoms with Gasteiger partial charge in [0.15, 0.2) is 5.65 Å². The quantitative estimate of drug-likeness (QED) is 0.718. The van der Waals surface area contributed by atoms with Gasteiger partial charge >= 0.3 is 5.97 Å². The van der Waals surface area contributed by atoms with E-state index in [9.17, 15) is 19.4 Å². The van der Waals surface area contributed by atoms with Crippen LogP contribution in [-0.4, -0.2) is 37.4 Å². The SMILES string of the molecule is CCOC(=O)c1cnn2c(O)c(-c3ccccc3F)c(O)nc12. The summed E-state index contributed by atoms with van der Waals surface area (Å²) >= 11 is 0. The molecule has 7 nitrogen and oxygen atoms in total. The van der Waals surface area contributed by atoms with Crippen LogP contribution in [0.15, 0.2) is 30.5 Å². The van der Waals surface area contributed by atoms with Gasteiger partial charge < -0.3 is 14.9 Å². The number of aromatic nitrogens is 3. The van der Waals surface area contributed by atoms with Crippen molar-refractivity contribution in [2.24, 2.45) is 0 Å². The van der Waals surface area contributed by atoms with E-state index < -0.39 is 23.5 Å². The van der Waals surface area contributed by atoms with E-state index in [-0.39, 0.29) is 28.9 Å². The molecule has 2 aromatic heterocycles. The molecule has 3 aromatic rings. The van der Waals surface area contributed by atoms with Crippen molar-refractivity contribution < 1.29 is 24.1 Å². The second kappa shape index (κ2) is 5.56. The summed E-state index contributed by atoms with van der Waals surface area (Å²) in [5, 5.41) is 24.3. The smallest absolute Gasteiger partial charge is 0.343 e. The summed E-state index contributed by atoms with van der Waals surface area (Å²) in [6.45, 7) is 1.80. The maximum atomic E-state index is 13.9. The Morgan fingerprint density at radius 2 is 2.09 bits per heavy atom. The summed E-state index contributed by atoms with van der Waals surface area (Å²) in [5.41, 5.74) is -0.352. The van der Waals surface area contributed by atoms with E-state index in [1.165, 1.54) is 18.2 Å². The third kappa shape index (κ3) is 2.33. The molecule has 8 heteroatoms. The average Bonchev–Trinajstić information content (AvgIpc) is 2.93. The van der Waals surface area contributed by atoms with E-state index in [2.05, 4.69) is 10.1 Å². The van der Waals surface area contributed by atoms with Crippen LogP contribution in [0.3, 0.4) is 0 Å². The second-order valence-corrected chi connectivity index (χ2v) is 4.63. The number of rotatable bonds is 3. The van der Waals surface area contributed by atoms with E-state index in [1.807, 2.05) is 0 Å². The van der Waals surface area contributed by atoms with Gasteiger partial charge in [-0.25, -0.2) is 9.18 Å². The number of carbonyl (C=O) groups is 1. The first kappa shape index (κ1) is 14.8. The molecular formula is C15H12FN3O4. The highest BCUT2D eigenvalue weighted by atomic mass is 19.1. The number of halogens is 1. The van der Waals surface area contributed by atoms with E-state index in [0.29, 0.717) is 0 Å². The summed E-state index contributed by atoms with van der Waals surface area (Å²) in [5.74, 6) is -2.48. The predicted octanol–water partition coefficient (Wildman–Crippen LogP) is 2.12. The molecule has 118 valence electrons. The molecule has 0 aliphatic heterocycles. The minimum absolute atomic E-state index is 0.0162. The number of benzene rings is 1. The summed E-state index contributed by atoms with van der Waals surface area (Å²) in [6, 6.07) is 5.60. The van der Waals surface area contributed by atoms with E-state index in [1.54, 1.807) is 13.0 Å². The standard InChI is InChI=1S/C15H12FN3O4/c1-2-23-15(22)9-7-17-19-12(9)18-13(20)11(14(19)21)8-5-3-4-6-10(8)16/h3-7,21H,2H2,1H3,(H,18,20). The zero-order valence-electron chi connectivity index (χ0n) is 12.0. The Bertz CT molecular complexity index is 907. The first-order chi connectivity index (χ1) is 11.0. The van der Waals surface area contributed by atoms with Crippen molar-refractivity contribution in [2.75, 3.05) is 6.61 Å². The van der Waals surface area contributed by atoms with Gasteiger partial charge in [-0.1, -0.05) is 18.2 Å². The lowest BCUT2D eigenvalue weighted by Gasteiger charge is -2.09. The van der Waals surface area contributed by atoms with Crippen molar-refractivity contribution in [3.63, 3.8) is 0 Å². The number of fused-ring (bicyclic) bond motifs is 1. The number of carbonyl (C=O) groups excluding carboxylic acids is 1. The Kier molecular flexibility index (Phi) is 3.57. The largest absolute Gasteiger partial charge is 0.493 e. The minimum atomic E-state index is -0.688. The number of nitrogens with zero attached hydrogens (tertiary/aromatic N) is 3. The van der Waals surface area contributed by atoms with Gasteiger partial charge in [-0.15, -0.1) is 0 Å².